The summed E-state index contributed by atoms with van der Waals surface area (Å²) in [4.78, 5) is 0. The van der Waals surface area contributed by atoms with Gasteiger partial charge in [0.25, 0.3) is 0 Å². The second-order valence-corrected chi connectivity index (χ2v) is 5.37. The average Bonchev–Trinajstić information content (AvgIpc) is 3.00. The summed E-state index contributed by atoms with van der Waals surface area (Å²) in [7, 11) is 0. The van der Waals surface area contributed by atoms with E-state index >= 15 is 0 Å². The van der Waals surface area contributed by atoms with E-state index in [1.807, 2.05) is 0 Å². The molecule has 0 amide bonds. The van der Waals surface area contributed by atoms with Crippen LogP contribution in [-0.4, -0.2) is 13.2 Å². The van der Waals surface area contributed by atoms with E-state index in [1.165, 1.54) is 15.6 Å². The molecule has 1 aromatic heterocycles. The smallest absolute Gasteiger partial charge is 0.0525 e. The number of ether oxygens (including phenoxy) is 1. The molecule has 0 radical (unpaired) electrons. The van der Waals surface area contributed by atoms with Crippen LogP contribution < -0.4 is 11.3 Å². The van der Waals surface area contributed by atoms with E-state index in [0.717, 1.165) is 19.6 Å². The van der Waals surface area contributed by atoms with Crippen molar-refractivity contribution in [3.8, 4) is 0 Å². The van der Waals surface area contributed by atoms with Crippen molar-refractivity contribution in [2.24, 2.45) is 11.8 Å². The molecule has 90 valence electrons. The summed E-state index contributed by atoms with van der Waals surface area (Å²) in [6, 6.07) is 8.77. The number of hydrazine groups is 1. The summed E-state index contributed by atoms with van der Waals surface area (Å²) in [6.07, 6.45) is 1.08. The van der Waals surface area contributed by atoms with Gasteiger partial charge in [-0.1, -0.05) is 18.2 Å². The number of hydrogen-bond acceptors (Lipinski definition) is 4. The highest BCUT2D eigenvalue weighted by Gasteiger charge is 2.27. The van der Waals surface area contributed by atoms with Crippen molar-refractivity contribution in [2.75, 3.05) is 13.2 Å². The molecule has 1 fully saturated rings. The Morgan fingerprint density at radius 3 is 3.12 bits per heavy atom. The van der Waals surface area contributed by atoms with Gasteiger partial charge in [0, 0.05) is 17.2 Å². The van der Waals surface area contributed by atoms with Gasteiger partial charge < -0.3 is 4.74 Å². The molecule has 3 N–H and O–H groups in total. The van der Waals surface area contributed by atoms with E-state index in [-0.39, 0.29) is 6.04 Å². The molecule has 2 unspecified atom stereocenters. The first-order chi connectivity index (χ1) is 8.40. The number of nitrogens with two attached hydrogens (primary N) is 1. The van der Waals surface area contributed by atoms with E-state index in [0.29, 0.717) is 5.92 Å². The Hall–Kier alpha value is -0.940. The van der Waals surface area contributed by atoms with Gasteiger partial charge in [0.2, 0.25) is 0 Å². The van der Waals surface area contributed by atoms with Gasteiger partial charge in [-0.3, -0.25) is 11.3 Å². The Balaban J connectivity index is 2.02. The van der Waals surface area contributed by atoms with E-state index < -0.39 is 0 Å². The minimum atomic E-state index is 0.194. The van der Waals surface area contributed by atoms with Crippen LogP contribution in [0.5, 0.6) is 0 Å². The first-order valence-electron chi connectivity index (χ1n) is 5.90. The van der Waals surface area contributed by atoms with Crippen LogP contribution in [0, 0.1) is 5.92 Å². The van der Waals surface area contributed by atoms with E-state index in [9.17, 15) is 0 Å². The molecule has 3 rings (SSSR count). The monoisotopic (exact) mass is 248 g/mol. The summed E-state index contributed by atoms with van der Waals surface area (Å²) >= 11 is 1.78. The second kappa shape index (κ2) is 4.74. The normalized spacial score (nSPS) is 22.1. The Morgan fingerprint density at radius 1 is 1.41 bits per heavy atom. The van der Waals surface area contributed by atoms with Crippen LogP contribution in [0.4, 0.5) is 0 Å². The lowest BCUT2D eigenvalue weighted by atomic mass is 9.92. The highest BCUT2D eigenvalue weighted by atomic mass is 32.1. The lowest BCUT2D eigenvalue weighted by Crippen LogP contribution is -2.33. The van der Waals surface area contributed by atoms with Crippen LogP contribution in [-0.2, 0) is 4.74 Å². The first kappa shape index (κ1) is 11.2. The quantitative estimate of drug-likeness (QED) is 0.648. The molecule has 4 heteroatoms. The van der Waals surface area contributed by atoms with Crippen LogP contribution in [0.25, 0.3) is 10.1 Å². The molecular formula is C13H16N2OS. The third-order valence-electron chi connectivity index (χ3n) is 3.46. The standard InChI is InChI=1S/C13H16N2OS/c14-15-12(10-4-6-16-8-10)11-3-1-2-9-5-7-17-13(9)11/h1-3,5,7,10,12,15H,4,6,8,14H2. The molecule has 0 aliphatic carbocycles. The second-order valence-electron chi connectivity index (χ2n) is 4.45. The van der Waals surface area contributed by atoms with Crippen LogP contribution in [0.2, 0.25) is 0 Å². The van der Waals surface area contributed by atoms with E-state index in [2.05, 4.69) is 35.1 Å². The van der Waals surface area contributed by atoms with E-state index in [4.69, 9.17) is 10.6 Å². The van der Waals surface area contributed by atoms with Crippen molar-refractivity contribution in [2.45, 2.75) is 12.5 Å². The maximum Gasteiger partial charge on any atom is 0.0525 e. The number of thiophene rings is 1. The van der Waals surface area contributed by atoms with Gasteiger partial charge in [-0.25, -0.2) is 0 Å². The third kappa shape index (κ3) is 1.98. The molecule has 17 heavy (non-hydrogen) atoms. The molecular weight excluding hydrogens is 232 g/mol. The van der Waals surface area contributed by atoms with Crippen molar-refractivity contribution in [1.29, 1.82) is 0 Å². The Kier molecular flexibility index (Phi) is 3.11. The molecule has 0 spiro atoms. The highest BCUT2D eigenvalue weighted by molar-refractivity contribution is 7.17. The average molecular weight is 248 g/mol. The highest BCUT2D eigenvalue weighted by Crippen LogP contribution is 2.34. The summed E-state index contributed by atoms with van der Waals surface area (Å²) in [6.45, 7) is 1.65. The molecule has 2 atom stereocenters. The van der Waals surface area contributed by atoms with Gasteiger partial charge in [0.1, 0.15) is 0 Å². The SMILES string of the molecule is NNC(c1cccc2ccsc12)C1CCOC1. The maximum absolute atomic E-state index is 5.74. The van der Waals surface area contributed by atoms with Crippen LogP contribution in [0.1, 0.15) is 18.0 Å². The van der Waals surface area contributed by atoms with Crippen molar-refractivity contribution >= 4 is 21.4 Å². The fraction of sp³-hybridized carbons (Fsp3) is 0.385. The number of rotatable bonds is 3. The number of fused-ring (bicyclic) bond motifs is 1. The van der Waals surface area contributed by atoms with Crippen molar-refractivity contribution in [3.63, 3.8) is 0 Å². The molecule has 1 aliphatic heterocycles. The molecule has 0 bridgehead atoms. The summed E-state index contributed by atoms with van der Waals surface area (Å²) < 4.78 is 6.80. The molecule has 1 aromatic carbocycles. The largest absolute Gasteiger partial charge is 0.381 e. The predicted octanol–water partition coefficient (Wildman–Crippen LogP) is 2.44. The van der Waals surface area contributed by atoms with Gasteiger partial charge in [-0.2, -0.15) is 0 Å². The van der Waals surface area contributed by atoms with Crippen LogP contribution >= 0.6 is 11.3 Å². The minimum absolute atomic E-state index is 0.194. The summed E-state index contributed by atoms with van der Waals surface area (Å²) in [5, 5.41) is 3.43. The zero-order valence-electron chi connectivity index (χ0n) is 9.56. The topological polar surface area (TPSA) is 47.3 Å². The Labute approximate surface area is 105 Å². The molecule has 1 aliphatic rings. The van der Waals surface area contributed by atoms with Gasteiger partial charge in [0.15, 0.2) is 0 Å². The Morgan fingerprint density at radius 2 is 2.35 bits per heavy atom. The summed E-state index contributed by atoms with van der Waals surface area (Å²) in [5.74, 6) is 6.22. The van der Waals surface area contributed by atoms with Crippen molar-refractivity contribution < 1.29 is 4.74 Å². The lowest BCUT2D eigenvalue weighted by Gasteiger charge is -2.22. The van der Waals surface area contributed by atoms with E-state index in [1.54, 1.807) is 11.3 Å². The lowest BCUT2D eigenvalue weighted by molar-refractivity contribution is 0.177. The summed E-state index contributed by atoms with van der Waals surface area (Å²) in [5.41, 5.74) is 4.27. The number of hydrogen-bond donors (Lipinski definition) is 2. The van der Waals surface area contributed by atoms with Crippen molar-refractivity contribution in [3.05, 3.63) is 35.2 Å². The van der Waals surface area contributed by atoms with Crippen LogP contribution in [0.15, 0.2) is 29.6 Å². The molecule has 0 saturated carbocycles. The molecule has 3 nitrogen and oxygen atoms in total. The molecule has 1 saturated heterocycles. The fourth-order valence-electron chi connectivity index (χ4n) is 2.56. The van der Waals surface area contributed by atoms with Gasteiger partial charge >= 0.3 is 0 Å². The van der Waals surface area contributed by atoms with Gasteiger partial charge in [0.05, 0.1) is 12.6 Å². The predicted molar refractivity (Wildman–Crippen MR) is 70.8 cm³/mol. The molecule has 2 aromatic rings. The number of nitrogens with one attached hydrogen (secondary N) is 1. The Bertz CT molecular complexity index is 505. The maximum atomic E-state index is 5.74. The fourth-order valence-corrected chi connectivity index (χ4v) is 3.51. The minimum Gasteiger partial charge on any atom is -0.381 e. The van der Waals surface area contributed by atoms with Gasteiger partial charge in [-0.05, 0) is 28.8 Å². The third-order valence-corrected chi connectivity index (χ3v) is 4.44. The zero-order valence-corrected chi connectivity index (χ0v) is 10.4. The molecule has 2 heterocycles. The van der Waals surface area contributed by atoms with Gasteiger partial charge in [-0.15, -0.1) is 11.3 Å². The van der Waals surface area contributed by atoms with Crippen LogP contribution in [0.3, 0.4) is 0 Å². The van der Waals surface area contributed by atoms with Crippen molar-refractivity contribution in [1.82, 2.24) is 5.43 Å². The first-order valence-corrected chi connectivity index (χ1v) is 6.78. The number of benzene rings is 1. The zero-order chi connectivity index (χ0) is 11.7.